The molecular weight excluding hydrogens is 339 g/mol. The average Bonchev–Trinajstić information content (AvgIpc) is 2.28. The molecule has 1 atom stereocenters. The molecule has 0 aliphatic carbocycles. The summed E-state index contributed by atoms with van der Waals surface area (Å²) in [6, 6.07) is 1.05. The lowest BCUT2D eigenvalue weighted by molar-refractivity contribution is 0.282. The molecule has 0 aromatic carbocycles. The van der Waals surface area contributed by atoms with E-state index >= 15 is 0 Å². The Hall–Kier alpha value is -0.0400. The highest BCUT2D eigenvalue weighted by molar-refractivity contribution is 14.0. The van der Waals surface area contributed by atoms with Gasteiger partial charge < -0.3 is 15.5 Å². The molecule has 4 nitrogen and oxygen atoms in total. The molecule has 5 heteroatoms. The van der Waals surface area contributed by atoms with E-state index in [2.05, 4.69) is 62.2 Å². The van der Waals surface area contributed by atoms with Crippen molar-refractivity contribution in [3.05, 3.63) is 0 Å². The predicted octanol–water partition coefficient (Wildman–Crippen LogP) is 2.30. The Labute approximate surface area is 130 Å². The molecule has 0 heterocycles. The lowest BCUT2D eigenvalue weighted by Crippen LogP contribution is -2.42. The van der Waals surface area contributed by atoms with E-state index in [0.717, 1.165) is 32.0 Å². The van der Waals surface area contributed by atoms with E-state index in [-0.39, 0.29) is 24.0 Å². The van der Waals surface area contributed by atoms with Gasteiger partial charge in [-0.05, 0) is 41.2 Å². The van der Waals surface area contributed by atoms with Crippen LogP contribution in [0.3, 0.4) is 0 Å². The maximum Gasteiger partial charge on any atom is 0.191 e. The quantitative estimate of drug-likeness (QED) is 0.411. The Morgan fingerprint density at radius 3 is 2.28 bits per heavy atom. The van der Waals surface area contributed by atoms with Gasteiger partial charge in [-0.3, -0.25) is 4.99 Å². The Kier molecular flexibility index (Phi) is 13.5. The molecule has 0 fully saturated rings. The van der Waals surface area contributed by atoms with Crippen LogP contribution in [0.4, 0.5) is 0 Å². The summed E-state index contributed by atoms with van der Waals surface area (Å²) in [5, 5.41) is 6.66. The lowest BCUT2D eigenvalue weighted by atomic mass is 10.3. The van der Waals surface area contributed by atoms with Crippen LogP contribution in [0.15, 0.2) is 4.99 Å². The summed E-state index contributed by atoms with van der Waals surface area (Å²) < 4.78 is 0. The third kappa shape index (κ3) is 9.94. The molecule has 0 rings (SSSR count). The molecule has 0 aromatic heterocycles. The zero-order chi connectivity index (χ0) is 13.3. The summed E-state index contributed by atoms with van der Waals surface area (Å²) in [5.41, 5.74) is 0. The van der Waals surface area contributed by atoms with Crippen molar-refractivity contribution in [1.82, 2.24) is 15.5 Å². The van der Waals surface area contributed by atoms with Gasteiger partial charge >= 0.3 is 0 Å². The fraction of sp³-hybridized carbons (Fsp3) is 0.923. The number of aliphatic imine (C=N–C) groups is 1. The van der Waals surface area contributed by atoms with Gasteiger partial charge in [0.1, 0.15) is 0 Å². The van der Waals surface area contributed by atoms with E-state index < -0.39 is 0 Å². The first-order valence-corrected chi connectivity index (χ1v) is 6.76. The van der Waals surface area contributed by atoms with Crippen LogP contribution >= 0.6 is 24.0 Å². The number of hydrogen-bond acceptors (Lipinski definition) is 2. The molecule has 2 N–H and O–H groups in total. The standard InChI is InChI=1S/C13H30N4.HI/c1-7-12(5)16-13(14-8-2)15-9-10-17(6)11(3)4;/h11-12H,7-10H2,1-6H3,(H2,14,15,16);1H. The second-order valence-corrected chi connectivity index (χ2v) is 4.79. The summed E-state index contributed by atoms with van der Waals surface area (Å²) in [6.45, 7) is 13.6. The van der Waals surface area contributed by atoms with Crippen LogP contribution in [0.5, 0.6) is 0 Å². The second kappa shape index (κ2) is 12.0. The van der Waals surface area contributed by atoms with E-state index in [1.165, 1.54) is 0 Å². The molecule has 0 radical (unpaired) electrons. The predicted molar refractivity (Wildman–Crippen MR) is 92.0 cm³/mol. The highest BCUT2D eigenvalue weighted by Gasteiger charge is 2.04. The molecule has 1 unspecified atom stereocenters. The van der Waals surface area contributed by atoms with Crippen LogP contribution in [0.1, 0.15) is 41.0 Å². The van der Waals surface area contributed by atoms with Gasteiger partial charge in [-0.1, -0.05) is 6.92 Å². The van der Waals surface area contributed by atoms with Crippen LogP contribution in [0.2, 0.25) is 0 Å². The van der Waals surface area contributed by atoms with Gasteiger partial charge in [0.2, 0.25) is 0 Å². The highest BCUT2D eigenvalue weighted by Crippen LogP contribution is 1.93. The first-order chi connectivity index (χ1) is 8.01. The Morgan fingerprint density at radius 2 is 1.83 bits per heavy atom. The lowest BCUT2D eigenvalue weighted by Gasteiger charge is -2.20. The molecule has 0 amide bonds. The molecule has 110 valence electrons. The van der Waals surface area contributed by atoms with Crippen molar-refractivity contribution in [2.24, 2.45) is 4.99 Å². The smallest absolute Gasteiger partial charge is 0.191 e. The van der Waals surface area contributed by atoms with Crippen molar-refractivity contribution in [1.29, 1.82) is 0 Å². The van der Waals surface area contributed by atoms with Crippen LogP contribution in [0, 0.1) is 0 Å². The SMILES string of the molecule is CCNC(=NCCN(C)C(C)C)NC(C)CC.I. The number of rotatable bonds is 7. The molecule has 0 bridgehead atoms. The van der Waals surface area contributed by atoms with Gasteiger partial charge in [0.05, 0.1) is 6.54 Å². The monoisotopic (exact) mass is 370 g/mol. The minimum Gasteiger partial charge on any atom is -0.357 e. The van der Waals surface area contributed by atoms with Crippen LogP contribution < -0.4 is 10.6 Å². The fourth-order valence-corrected chi connectivity index (χ4v) is 1.23. The number of halogens is 1. The van der Waals surface area contributed by atoms with E-state index in [0.29, 0.717) is 12.1 Å². The molecule has 0 saturated carbocycles. The summed E-state index contributed by atoms with van der Waals surface area (Å²) in [6.07, 6.45) is 1.11. The van der Waals surface area contributed by atoms with Crippen molar-refractivity contribution >= 4 is 29.9 Å². The van der Waals surface area contributed by atoms with E-state index in [1.54, 1.807) is 0 Å². The number of nitrogens with zero attached hydrogens (tertiary/aromatic N) is 2. The minimum absolute atomic E-state index is 0. The van der Waals surface area contributed by atoms with Gasteiger partial charge in [-0.15, -0.1) is 24.0 Å². The summed E-state index contributed by atoms with van der Waals surface area (Å²) >= 11 is 0. The minimum atomic E-state index is 0. The molecule has 0 aliphatic heterocycles. The van der Waals surface area contributed by atoms with Crippen molar-refractivity contribution in [3.63, 3.8) is 0 Å². The molecule has 0 spiro atoms. The highest BCUT2D eigenvalue weighted by atomic mass is 127. The van der Waals surface area contributed by atoms with Gasteiger partial charge in [0, 0.05) is 25.2 Å². The number of nitrogens with one attached hydrogen (secondary N) is 2. The van der Waals surface area contributed by atoms with E-state index in [4.69, 9.17) is 0 Å². The third-order valence-corrected chi connectivity index (χ3v) is 2.94. The summed E-state index contributed by atoms with van der Waals surface area (Å²) in [7, 11) is 2.13. The Balaban J connectivity index is 0. The van der Waals surface area contributed by atoms with Gasteiger partial charge in [-0.2, -0.15) is 0 Å². The first kappa shape index (κ1) is 20.3. The first-order valence-electron chi connectivity index (χ1n) is 6.76. The van der Waals surface area contributed by atoms with Gasteiger partial charge in [0.25, 0.3) is 0 Å². The van der Waals surface area contributed by atoms with Crippen molar-refractivity contribution < 1.29 is 0 Å². The largest absolute Gasteiger partial charge is 0.357 e. The second-order valence-electron chi connectivity index (χ2n) is 4.79. The Bertz CT molecular complexity index is 219. The van der Waals surface area contributed by atoms with Crippen LogP contribution in [-0.4, -0.2) is 49.6 Å². The number of likely N-dealkylation sites (N-methyl/N-ethyl adjacent to an activating group) is 1. The normalized spacial score (nSPS) is 13.4. The number of hydrogen-bond donors (Lipinski definition) is 2. The fourth-order valence-electron chi connectivity index (χ4n) is 1.23. The molecule has 0 saturated heterocycles. The van der Waals surface area contributed by atoms with Crippen molar-refractivity contribution in [2.75, 3.05) is 26.7 Å². The average molecular weight is 370 g/mol. The van der Waals surface area contributed by atoms with Crippen LogP contribution in [0.25, 0.3) is 0 Å². The summed E-state index contributed by atoms with van der Waals surface area (Å²) in [4.78, 5) is 6.88. The third-order valence-electron chi connectivity index (χ3n) is 2.94. The summed E-state index contributed by atoms with van der Waals surface area (Å²) in [5.74, 6) is 0.930. The van der Waals surface area contributed by atoms with Gasteiger partial charge in [-0.25, -0.2) is 0 Å². The molecular formula is C13H31IN4. The zero-order valence-electron chi connectivity index (χ0n) is 12.8. The molecule has 0 aromatic rings. The van der Waals surface area contributed by atoms with E-state index in [1.807, 2.05) is 0 Å². The zero-order valence-corrected chi connectivity index (χ0v) is 15.1. The molecule has 0 aliphatic rings. The number of guanidine groups is 1. The van der Waals surface area contributed by atoms with Crippen LogP contribution in [-0.2, 0) is 0 Å². The maximum atomic E-state index is 4.58. The van der Waals surface area contributed by atoms with Crippen molar-refractivity contribution in [3.8, 4) is 0 Å². The molecule has 18 heavy (non-hydrogen) atoms. The van der Waals surface area contributed by atoms with E-state index in [9.17, 15) is 0 Å². The van der Waals surface area contributed by atoms with Crippen molar-refractivity contribution in [2.45, 2.75) is 53.1 Å². The topological polar surface area (TPSA) is 39.7 Å². The Morgan fingerprint density at radius 1 is 1.22 bits per heavy atom. The maximum absolute atomic E-state index is 4.58. The van der Waals surface area contributed by atoms with Gasteiger partial charge in [0.15, 0.2) is 5.96 Å².